The second-order valence-electron chi connectivity index (χ2n) is 5.61. The van der Waals surface area contributed by atoms with E-state index in [9.17, 15) is 0 Å². The van der Waals surface area contributed by atoms with Gasteiger partial charge in [-0.3, -0.25) is 4.90 Å². The van der Waals surface area contributed by atoms with Crippen LogP contribution < -0.4 is 10.1 Å². The van der Waals surface area contributed by atoms with Crippen LogP contribution in [-0.4, -0.2) is 55.9 Å². The first-order valence-corrected chi connectivity index (χ1v) is 8.01. The van der Waals surface area contributed by atoms with E-state index in [4.69, 9.17) is 4.74 Å². The fourth-order valence-electron chi connectivity index (χ4n) is 2.82. The third-order valence-electron chi connectivity index (χ3n) is 4.12. The molecule has 3 heterocycles. The lowest BCUT2D eigenvalue weighted by atomic mass is 10.1. The predicted molar refractivity (Wildman–Crippen MR) is 86.2 cm³/mol. The van der Waals surface area contributed by atoms with Crippen LogP contribution >= 0.6 is 0 Å². The number of aryl methyl sites for hydroxylation is 1. The Hall–Kier alpha value is -2.22. The van der Waals surface area contributed by atoms with Gasteiger partial charge in [0.25, 0.3) is 0 Å². The van der Waals surface area contributed by atoms with Crippen LogP contribution in [0.15, 0.2) is 18.6 Å². The Balaban J connectivity index is 1.50. The minimum Gasteiger partial charge on any atom is -0.481 e. The van der Waals surface area contributed by atoms with Gasteiger partial charge in [0.05, 0.1) is 13.7 Å². The second-order valence-corrected chi connectivity index (χ2v) is 5.61. The zero-order valence-electron chi connectivity index (χ0n) is 13.6. The molecule has 0 aliphatic carbocycles. The zero-order chi connectivity index (χ0) is 16.1. The number of methoxy groups -OCH3 is 1. The van der Waals surface area contributed by atoms with Crippen molar-refractivity contribution in [1.82, 2.24) is 29.6 Å². The number of ether oxygens (including phenoxy) is 1. The van der Waals surface area contributed by atoms with E-state index in [0.717, 1.165) is 44.8 Å². The highest BCUT2D eigenvalue weighted by Gasteiger charge is 2.21. The van der Waals surface area contributed by atoms with E-state index >= 15 is 0 Å². The molecule has 124 valence electrons. The summed E-state index contributed by atoms with van der Waals surface area (Å²) >= 11 is 0. The van der Waals surface area contributed by atoms with Gasteiger partial charge in [0.15, 0.2) is 0 Å². The summed E-state index contributed by atoms with van der Waals surface area (Å²) in [7, 11) is 1.61. The van der Waals surface area contributed by atoms with Gasteiger partial charge in [-0.15, -0.1) is 0 Å². The Morgan fingerprint density at radius 1 is 1.30 bits per heavy atom. The molecule has 3 rings (SSSR count). The first kappa shape index (κ1) is 15.7. The Bertz CT molecular complexity index is 622. The molecule has 0 atom stereocenters. The van der Waals surface area contributed by atoms with Crippen LogP contribution in [0.2, 0.25) is 0 Å². The number of anilines is 1. The average Bonchev–Trinajstić information content (AvgIpc) is 3.04. The summed E-state index contributed by atoms with van der Waals surface area (Å²) in [5.41, 5.74) is 0. The molecule has 1 aliphatic rings. The SMILES string of the molecule is CCn1ncnc1CN1CCC(Nc2nccc(OC)n2)CC1. The van der Waals surface area contributed by atoms with Gasteiger partial charge in [0, 0.05) is 37.9 Å². The third-order valence-corrected chi connectivity index (χ3v) is 4.12. The fraction of sp³-hybridized carbons (Fsp3) is 0.600. The number of hydrogen-bond acceptors (Lipinski definition) is 7. The molecule has 0 aromatic carbocycles. The minimum absolute atomic E-state index is 0.391. The van der Waals surface area contributed by atoms with Crippen LogP contribution in [0.3, 0.4) is 0 Å². The zero-order valence-corrected chi connectivity index (χ0v) is 13.6. The molecule has 8 nitrogen and oxygen atoms in total. The van der Waals surface area contributed by atoms with E-state index in [1.165, 1.54) is 0 Å². The van der Waals surface area contributed by atoms with Crippen molar-refractivity contribution in [3.8, 4) is 5.88 Å². The summed E-state index contributed by atoms with van der Waals surface area (Å²) < 4.78 is 7.08. The van der Waals surface area contributed by atoms with Crippen LogP contribution in [0.1, 0.15) is 25.6 Å². The molecule has 2 aromatic rings. The van der Waals surface area contributed by atoms with Gasteiger partial charge in [-0.25, -0.2) is 14.6 Å². The Labute approximate surface area is 135 Å². The van der Waals surface area contributed by atoms with E-state index in [-0.39, 0.29) is 0 Å². The van der Waals surface area contributed by atoms with Crippen molar-refractivity contribution in [2.24, 2.45) is 0 Å². The van der Waals surface area contributed by atoms with Gasteiger partial charge < -0.3 is 10.1 Å². The molecule has 23 heavy (non-hydrogen) atoms. The van der Waals surface area contributed by atoms with Crippen LogP contribution in [0.5, 0.6) is 5.88 Å². The molecule has 8 heteroatoms. The molecular formula is C15H23N7O. The van der Waals surface area contributed by atoms with Crippen molar-refractivity contribution in [2.45, 2.75) is 38.9 Å². The largest absolute Gasteiger partial charge is 0.481 e. The summed E-state index contributed by atoms with van der Waals surface area (Å²) in [4.78, 5) is 15.3. The number of piperidine rings is 1. The van der Waals surface area contributed by atoms with E-state index < -0.39 is 0 Å². The molecule has 1 fully saturated rings. The molecule has 0 spiro atoms. The van der Waals surface area contributed by atoms with Gasteiger partial charge in [-0.1, -0.05) is 0 Å². The van der Waals surface area contributed by atoms with Crippen LogP contribution in [-0.2, 0) is 13.1 Å². The van der Waals surface area contributed by atoms with E-state index in [2.05, 4.69) is 37.2 Å². The van der Waals surface area contributed by atoms with Crippen LogP contribution in [0.25, 0.3) is 0 Å². The monoisotopic (exact) mass is 317 g/mol. The van der Waals surface area contributed by atoms with Gasteiger partial charge in [-0.05, 0) is 19.8 Å². The Kier molecular flexibility index (Phi) is 5.02. The van der Waals surface area contributed by atoms with E-state index in [1.54, 1.807) is 25.7 Å². The lowest BCUT2D eigenvalue weighted by Gasteiger charge is -2.32. The highest BCUT2D eigenvalue weighted by atomic mass is 16.5. The molecular weight excluding hydrogens is 294 g/mol. The molecule has 0 saturated carbocycles. The second kappa shape index (κ2) is 7.36. The first-order chi connectivity index (χ1) is 11.3. The first-order valence-electron chi connectivity index (χ1n) is 8.01. The third kappa shape index (κ3) is 3.95. The summed E-state index contributed by atoms with van der Waals surface area (Å²) in [5.74, 6) is 2.25. The Morgan fingerprint density at radius 2 is 2.13 bits per heavy atom. The van der Waals surface area contributed by atoms with E-state index in [1.807, 2.05) is 4.68 Å². The molecule has 0 radical (unpaired) electrons. The standard InChI is InChI=1S/C15H23N7O/c1-3-22-13(17-11-18-22)10-21-8-5-12(6-9-21)19-15-16-7-4-14(20-15)23-2/h4,7,11-12H,3,5-6,8-10H2,1-2H3,(H,16,19,20). The predicted octanol–water partition coefficient (Wildman–Crippen LogP) is 1.17. The number of nitrogens with one attached hydrogen (secondary N) is 1. The van der Waals surface area contributed by atoms with Gasteiger partial charge >= 0.3 is 0 Å². The summed E-state index contributed by atoms with van der Waals surface area (Å²) in [5, 5.41) is 7.62. The maximum atomic E-state index is 5.13. The number of rotatable bonds is 6. The average molecular weight is 317 g/mol. The number of aromatic nitrogens is 5. The van der Waals surface area contributed by atoms with Crippen molar-refractivity contribution in [2.75, 3.05) is 25.5 Å². The molecule has 0 unspecified atom stereocenters. The van der Waals surface area contributed by atoms with Crippen molar-refractivity contribution in [1.29, 1.82) is 0 Å². The smallest absolute Gasteiger partial charge is 0.226 e. The lowest BCUT2D eigenvalue weighted by molar-refractivity contribution is 0.203. The number of likely N-dealkylation sites (tertiary alicyclic amines) is 1. The van der Waals surface area contributed by atoms with Crippen molar-refractivity contribution in [3.63, 3.8) is 0 Å². The van der Waals surface area contributed by atoms with E-state index in [0.29, 0.717) is 17.9 Å². The molecule has 1 N–H and O–H groups in total. The van der Waals surface area contributed by atoms with Gasteiger partial charge in [0.2, 0.25) is 11.8 Å². The summed E-state index contributed by atoms with van der Waals surface area (Å²) in [6, 6.07) is 2.14. The summed E-state index contributed by atoms with van der Waals surface area (Å²) in [6.45, 7) is 5.86. The summed E-state index contributed by atoms with van der Waals surface area (Å²) in [6.07, 6.45) is 5.45. The van der Waals surface area contributed by atoms with Crippen molar-refractivity contribution in [3.05, 3.63) is 24.4 Å². The molecule has 1 saturated heterocycles. The highest BCUT2D eigenvalue weighted by Crippen LogP contribution is 2.17. The lowest BCUT2D eigenvalue weighted by Crippen LogP contribution is -2.39. The normalized spacial score (nSPS) is 16.4. The topological polar surface area (TPSA) is 81.0 Å². The molecule has 1 aliphatic heterocycles. The molecule has 0 bridgehead atoms. The Morgan fingerprint density at radius 3 is 2.87 bits per heavy atom. The van der Waals surface area contributed by atoms with Crippen molar-refractivity contribution >= 4 is 5.95 Å². The maximum absolute atomic E-state index is 5.13. The van der Waals surface area contributed by atoms with Crippen LogP contribution in [0.4, 0.5) is 5.95 Å². The molecule has 0 amide bonds. The quantitative estimate of drug-likeness (QED) is 0.856. The number of nitrogens with zero attached hydrogens (tertiary/aromatic N) is 6. The van der Waals surface area contributed by atoms with Crippen molar-refractivity contribution < 1.29 is 4.74 Å². The van der Waals surface area contributed by atoms with Crippen LogP contribution in [0, 0.1) is 0 Å². The number of hydrogen-bond donors (Lipinski definition) is 1. The maximum Gasteiger partial charge on any atom is 0.226 e. The fourth-order valence-corrected chi connectivity index (χ4v) is 2.82. The minimum atomic E-state index is 0.391. The highest BCUT2D eigenvalue weighted by molar-refractivity contribution is 5.29. The van der Waals surface area contributed by atoms with Gasteiger partial charge in [0.1, 0.15) is 12.2 Å². The van der Waals surface area contributed by atoms with Gasteiger partial charge in [-0.2, -0.15) is 10.1 Å². The molecule has 2 aromatic heterocycles.